The second-order valence-corrected chi connectivity index (χ2v) is 4.77. The molecule has 0 atom stereocenters. The molecular formula is C16H15FN2. The number of halogens is 1. The molecule has 0 bridgehead atoms. The van der Waals surface area contributed by atoms with E-state index in [-0.39, 0.29) is 5.82 Å². The molecule has 0 aliphatic rings. The first-order valence-corrected chi connectivity index (χ1v) is 6.25. The molecule has 0 aliphatic carbocycles. The Bertz CT molecular complexity index is 744. The normalized spacial score (nSPS) is 11.1. The van der Waals surface area contributed by atoms with Gasteiger partial charge >= 0.3 is 0 Å². The van der Waals surface area contributed by atoms with Gasteiger partial charge in [-0.25, -0.2) is 4.39 Å². The summed E-state index contributed by atoms with van der Waals surface area (Å²) in [5.41, 5.74) is 10.2. The summed E-state index contributed by atoms with van der Waals surface area (Å²) in [4.78, 5) is 3.18. The van der Waals surface area contributed by atoms with Crippen LogP contribution in [0.25, 0.3) is 22.0 Å². The molecule has 0 unspecified atom stereocenters. The van der Waals surface area contributed by atoms with Crippen molar-refractivity contribution in [3.63, 3.8) is 0 Å². The Labute approximate surface area is 111 Å². The second kappa shape index (κ2) is 4.52. The van der Waals surface area contributed by atoms with Crippen LogP contribution in [0.4, 0.5) is 4.39 Å². The van der Waals surface area contributed by atoms with E-state index in [9.17, 15) is 4.39 Å². The van der Waals surface area contributed by atoms with Crippen LogP contribution in [0.5, 0.6) is 0 Å². The quantitative estimate of drug-likeness (QED) is 0.718. The molecule has 3 aromatic rings. The molecule has 0 amide bonds. The average molecular weight is 254 g/mol. The van der Waals surface area contributed by atoms with Crippen molar-refractivity contribution in [1.29, 1.82) is 0 Å². The highest BCUT2D eigenvalue weighted by Gasteiger charge is 2.11. The third kappa shape index (κ3) is 2.02. The molecular weight excluding hydrogens is 239 g/mol. The summed E-state index contributed by atoms with van der Waals surface area (Å²) in [5, 5.41) is 1.04. The molecule has 3 N–H and O–H groups in total. The van der Waals surface area contributed by atoms with E-state index in [1.807, 2.05) is 31.3 Å². The highest BCUT2D eigenvalue weighted by molar-refractivity contribution is 5.96. The number of rotatable bonds is 2. The van der Waals surface area contributed by atoms with Crippen LogP contribution in [0.15, 0.2) is 42.6 Å². The lowest BCUT2D eigenvalue weighted by Crippen LogP contribution is -1.97. The highest BCUT2D eigenvalue weighted by atomic mass is 19.1. The molecule has 3 rings (SSSR count). The first-order valence-electron chi connectivity index (χ1n) is 6.25. The number of benzene rings is 2. The summed E-state index contributed by atoms with van der Waals surface area (Å²) >= 11 is 0. The van der Waals surface area contributed by atoms with Gasteiger partial charge in [-0.3, -0.25) is 0 Å². The van der Waals surface area contributed by atoms with Gasteiger partial charge in [0.25, 0.3) is 0 Å². The van der Waals surface area contributed by atoms with Gasteiger partial charge in [-0.2, -0.15) is 0 Å². The van der Waals surface area contributed by atoms with Gasteiger partial charge in [0.15, 0.2) is 0 Å². The van der Waals surface area contributed by atoms with Gasteiger partial charge in [-0.15, -0.1) is 0 Å². The Balaban J connectivity index is 2.26. The molecule has 0 spiro atoms. The molecule has 96 valence electrons. The maximum atomic E-state index is 14.0. The van der Waals surface area contributed by atoms with E-state index in [2.05, 4.69) is 11.1 Å². The van der Waals surface area contributed by atoms with Crippen LogP contribution in [0.1, 0.15) is 11.1 Å². The SMILES string of the molecule is Cc1ccc2[nH]cc(-c3cc(CN)ccc3F)c2c1. The number of nitrogens with one attached hydrogen (secondary N) is 1. The van der Waals surface area contributed by atoms with Crippen molar-refractivity contribution in [3.8, 4) is 11.1 Å². The minimum Gasteiger partial charge on any atom is -0.361 e. The van der Waals surface area contributed by atoms with Gasteiger partial charge in [-0.1, -0.05) is 17.7 Å². The van der Waals surface area contributed by atoms with Crippen molar-refractivity contribution in [3.05, 3.63) is 59.5 Å². The van der Waals surface area contributed by atoms with Crippen molar-refractivity contribution >= 4 is 10.9 Å². The number of aromatic nitrogens is 1. The fourth-order valence-electron chi connectivity index (χ4n) is 2.36. The monoisotopic (exact) mass is 254 g/mol. The lowest BCUT2D eigenvalue weighted by molar-refractivity contribution is 0.630. The van der Waals surface area contributed by atoms with Gasteiger partial charge in [0.05, 0.1) is 0 Å². The molecule has 0 saturated heterocycles. The van der Waals surface area contributed by atoms with Gasteiger partial charge in [0, 0.05) is 34.8 Å². The Morgan fingerprint density at radius 2 is 1.95 bits per heavy atom. The van der Waals surface area contributed by atoms with Crippen LogP contribution in [-0.2, 0) is 6.54 Å². The number of fused-ring (bicyclic) bond motifs is 1. The fraction of sp³-hybridized carbons (Fsp3) is 0.125. The Morgan fingerprint density at radius 1 is 1.11 bits per heavy atom. The van der Waals surface area contributed by atoms with E-state index in [0.717, 1.165) is 27.6 Å². The average Bonchev–Trinajstić information content (AvgIpc) is 2.82. The van der Waals surface area contributed by atoms with Crippen LogP contribution in [0, 0.1) is 12.7 Å². The molecule has 0 radical (unpaired) electrons. The predicted octanol–water partition coefficient (Wildman–Crippen LogP) is 3.74. The van der Waals surface area contributed by atoms with Crippen molar-refractivity contribution in [1.82, 2.24) is 4.98 Å². The largest absolute Gasteiger partial charge is 0.361 e. The van der Waals surface area contributed by atoms with E-state index >= 15 is 0 Å². The van der Waals surface area contributed by atoms with Crippen molar-refractivity contribution in [2.75, 3.05) is 0 Å². The summed E-state index contributed by atoms with van der Waals surface area (Å²) < 4.78 is 14.0. The zero-order valence-corrected chi connectivity index (χ0v) is 10.7. The van der Waals surface area contributed by atoms with E-state index < -0.39 is 0 Å². The summed E-state index contributed by atoms with van der Waals surface area (Å²) in [6, 6.07) is 11.1. The Morgan fingerprint density at radius 3 is 2.74 bits per heavy atom. The number of H-pyrrole nitrogens is 1. The zero-order valence-electron chi connectivity index (χ0n) is 10.7. The van der Waals surface area contributed by atoms with E-state index in [4.69, 9.17) is 5.73 Å². The summed E-state index contributed by atoms with van der Waals surface area (Å²) in [6.07, 6.45) is 1.85. The molecule has 3 heteroatoms. The van der Waals surface area contributed by atoms with Crippen molar-refractivity contribution in [2.45, 2.75) is 13.5 Å². The molecule has 0 saturated carbocycles. The topological polar surface area (TPSA) is 41.8 Å². The maximum Gasteiger partial charge on any atom is 0.131 e. The first-order chi connectivity index (χ1) is 9.19. The van der Waals surface area contributed by atoms with Gasteiger partial charge in [-0.05, 0) is 36.8 Å². The van der Waals surface area contributed by atoms with Crippen LogP contribution < -0.4 is 5.73 Å². The highest BCUT2D eigenvalue weighted by Crippen LogP contribution is 2.31. The Hall–Kier alpha value is -2.13. The Kier molecular flexibility index (Phi) is 2.84. The molecule has 1 heterocycles. The third-order valence-corrected chi connectivity index (χ3v) is 3.39. The van der Waals surface area contributed by atoms with Crippen LogP contribution in [0.2, 0.25) is 0 Å². The zero-order chi connectivity index (χ0) is 13.4. The van der Waals surface area contributed by atoms with E-state index in [1.165, 1.54) is 6.07 Å². The van der Waals surface area contributed by atoms with Crippen molar-refractivity contribution in [2.24, 2.45) is 5.73 Å². The molecule has 2 nitrogen and oxygen atoms in total. The standard InChI is InChI=1S/C16H15FN2/c1-10-2-5-16-13(6-10)14(9-19-16)12-7-11(8-18)3-4-15(12)17/h2-7,9,19H,8,18H2,1H3. The number of nitrogens with two attached hydrogens (primary N) is 1. The van der Waals surface area contributed by atoms with Gasteiger partial charge in [0.1, 0.15) is 5.82 Å². The minimum absolute atomic E-state index is 0.223. The molecule has 0 fully saturated rings. The molecule has 0 aliphatic heterocycles. The van der Waals surface area contributed by atoms with Crippen LogP contribution in [-0.4, -0.2) is 4.98 Å². The van der Waals surface area contributed by atoms with Crippen LogP contribution in [0.3, 0.4) is 0 Å². The van der Waals surface area contributed by atoms with Gasteiger partial charge in [0.2, 0.25) is 0 Å². The second-order valence-electron chi connectivity index (χ2n) is 4.77. The minimum atomic E-state index is -0.223. The lowest BCUT2D eigenvalue weighted by Gasteiger charge is -2.05. The summed E-state index contributed by atoms with van der Waals surface area (Å²) in [5.74, 6) is -0.223. The smallest absolute Gasteiger partial charge is 0.131 e. The number of hydrogen-bond donors (Lipinski definition) is 2. The lowest BCUT2D eigenvalue weighted by atomic mass is 10.0. The number of aromatic amines is 1. The molecule has 2 aromatic carbocycles. The van der Waals surface area contributed by atoms with Crippen molar-refractivity contribution < 1.29 is 4.39 Å². The molecule has 19 heavy (non-hydrogen) atoms. The third-order valence-electron chi connectivity index (χ3n) is 3.39. The first kappa shape index (κ1) is 11.9. The van der Waals surface area contributed by atoms with Crippen LogP contribution >= 0.6 is 0 Å². The maximum absolute atomic E-state index is 14.0. The summed E-state index contributed by atoms with van der Waals surface area (Å²) in [7, 11) is 0. The molecule has 1 aromatic heterocycles. The van der Waals surface area contributed by atoms with E-state index in [0.29, 0.717) is 12.1 Å². The predicted molar refractivity (Wildman–Crippen MR) is 76.3 cm³/mol. The van der Waals surface area contributed by atoms with Gasteiger partial charge < -0.3 is 10.7 Å². The van der Waals surface area contributed by atoms with E-state index in [1.54, 1.807) is 6.07 Å². The summed E-state index contributed by atoms with van der Waals surface area (Å²) in [6.45, 7) is 2.44. The number of hydrogen-bond acceptors (Lipinski definition) is 1. The number of aryl methyl sites for hydroxylation is 1. The fourth-order valence-corrected chi connectivity index (χ4v) is 2.36.